The molecule has 0 aliphatic rings. The van der Waals surface area contributed by atoms with Gasteiger partial charge in [0.05, 0.1) is 17.5 Å². The summed E-state index contributed by atoms with van der Waals surface area (Å²) in [4.78, 5) is 11.3. The number of hydrogen-bond donors (Lipinski definition) is 2. The minimum Gasteiger partial charge on any atom is -0.492 e. The quantitative estimate of drug-likeness (QED) is 0.841. The van der Waals surface area contributed by atoms with Gasteiger partial charge in [0.2, 0.25) is 5.91 Å². The van der Waals surface area contributed by atoms with E-state index in [4.69, 9.17) is 22.1 Å². The van der Waals surface area contributed by atoms with Gasteiger partial charge in [-0.25, -0.2) is 0 Å². The highest BCUT2D eigenvalue weighted by Gasteiger charge is 2.04. The third-order valence-electron chi connectivity index (χ3n) is 1.95. The van der Waals surface area contributed by atoms with Crippen molar-refractivity contribution in [2.75, 3.05) is 19.7 Å². The van der Waals surface area contributed by atoms with Gasteiger partial charge in [-0.3, -0.25) is 4.79 Å². The fraction of sp³-hybridized carbons (Fsp3) is 0.364. The molecule has 0 saturated carbocycles. The van der Waals surface area contributed by atoms with Crippen molar-refractivity contribution in [3.8, 4) is 5.75 Å². The molecule has 0 atom stereocenters. The molecular weight excluding hydrogens is 307 g/mol. The lowest BCUT2D eigenvalue weighted by Crippen LogP contribution is -2.29. The summed E-state index contributed by atoms with van der Waals surface area (Å²) in [6.07, 6.45) is 0.301. The Morgan fingerprint density at radius 2 is 2.29 bits per heavy atom. The predicted molar refractivity (Wildman–Crippen MR) is 71.3 cm³/mol. The molecule has 0 heterocycles. The fourth-order valence-corrected chi connectivity index (χ4v) is 1.94. The minimum absolute atomic E-state index is 0.0689. The summed E-state index contributed by atoms with van der Waals surface area (Å²) < 4.78 is 6.22. The van der Waals surface area contributed by atoms with Crippen molar-refractivity contribution in [1.82, 2.24) is 5.32 Å². The van der Waals surface area contributed by atoms with Crippen molar-refractivity contribution in [3.63, 3.8) is 0 Å². The van der Waals surface area contributed by atoms with Gasteiger partial charge >= 0.3 is 0 Å². The zero-order chi connectivity index (χ0) is 12.7. The topological polar surface area (TPSA) is 64.3 Å². The predicted octanol–water partition coefficient (Wildman–Crippen LogP) is 1.95. The van der Waals surface area contributed by atoms with E-state index in [1.807, 2.05) is 0 Å². The van der Waals surface area contributed by atoms with Gasteiger partial charge in [-0.05, 0) is 34.1 Å². The first kappa shape index (κ1) is 14.3. The molecule has 1 aromatic rings. The Hall–Kier alpha value is -0.780. The maximum Gasteiger partial charge on any atom is 0.223 e. The van der Waals surface area contributed by atoms with Crippen LogP contribution in [-0.2, 0) is 4.79 Å². The van der Waals surface area contributed by atoms with Crippen LogP contribution in [0.3, 0.4) is 0 Å². The standard InChI is InChI=1S/C11H14BrClN2O2/c12-9-7-8(13)1-2-10(9)17-6-3-11(16)15-5-4-14/h1-2,7H,3-6,14H2,(H,15,16). The Morgan fingerprint density at radius 3 is 2.94 bits per heavy atom. The van der Waals surface area contributed by atoms with Crippen LogP contribution < -0.4 is 15.8 Å². The SMILES string of the molecule is NCCNC(=O)CCOc1ccc(Cl)cc1Br. The van der Waals surface area contributed by atoms with E-state index in [9.17, 15) is 4.79 Å². The Labute approximate surface area is 114 Å². The number of nitrogens with one attached hydrogen (secondary N) is 1. The summed E-state index contributed by atoms with van der Waals surface area (Å²) in [7, 11) is 0. The number of carbonyl (C=O) groups excluding carboxylic acids is 1. The molecule has 17 heavy (non-hydrogen) atoms. The molecule has 94 valence electrons. The Balaban J connectivity index is 2.33. The minimum atomic E-state index is -0.0689. The summed E-state index contributed by atoms with van der Waals surface area (Å²) in [5.41, 5.74) is 5.27. The number of halogens is 2. The molecule has 4 nitrogen and oxygen atoms in total. The first-order chi connectivity index (χ1) is 8.13. The third-order valence-corrected chi connectivity index (χ3v) is 2.80. The first-order valence-electron chi connectivity index (χ1n) is 5.18. The van der Waals surface area contributed by atoms with Crippen molar-refractivity contribution in [2.24, 2.45) is 5.73 Å². The van der Waals surface area contributed by atoms with Crippen molar-refractivity contribution in [2.45, 2.75) is 6.42 Å². The van der Waals surface area contributed by atoms with E-state index < -0.39 is 0 Å². The first-order valence-corrected chi connectivity index (χ1v) is 6.35. The molecule has 3 N–H and O–H groups in total. The van der Waals surface area contributed by atoms with Crippen molar-refractivity contribution >= 4 is 33.4 Å². The molecule has 0 aliphatic heterocycles. The van der Waals surface area contributed by atoms with Gasteiger partial charge in [-0.2, -0.15) is 0 Å². The lowest BCUT2D eigenvalue weighted by molar-refractivity contribution is -0.121. The van der Waals surface area contributed by atoms with Crippen LogP contribution in [0.15, 0.2) is 22.7 Å². The third kappa shape index (κ3) is 5.39. The normalized spacial score (nSPS) is 10.1. The molecule has 1 amide bonds. The second-order valence-electron chi connectivity index (χ2n) is 3.31. The lowest BCUT2D eigenvalue weighted by atomic mass is 10.3. The lowest BCUT2D eigenvalue weighted by Gasteiger charge is -2.08. The fourth-order valence-electron chi connectivity index (χ4n) is 1.15. The zero-order valence-corrected chi connectivity index (χ0v) is 11.6. The van der Waals surface area contributed by atoms with Crippen LogP contribution in [0.2, 0.25) is 5.02 Å². The Bertz CT molecular complexity index is 388. The number of amides is 1. The van der Waals surface area contributed by atoms with E-state index in [0.717, 1.165) is 4.47 Å². The highest BCUT2D eigenvalue weighted by molar-refractivity contribution is 9.10. The molecule has 6 heteroatoms. The van der Waals surface area contributed by atoms with Crippen LogP contribution in [-0.4, -0.2) is 25.6 Å². The summed E-state index contributed by atoms with van der Waals surface area (Å²) in [5, 5.41) is 3.30. The summed E-state index contributed by atoms with van der Waals surface area (Å²) >= 11 is 9.13. The van der Waals surface area contributed by atoms with Crippen LogP contribution >= 0.6 is 27.5 Å². The van der Waals surface area contributed by atoms with E-state index in [2.05, 4.69) is 21.2 Å². The number of rotatable bonds is 6. The van der Waals surface area contributed by atoms with Crippen molar-refractivity contribution < 1.29 is 9.53 Å². The van der Waals surface area contributed by atoms with E-state index in [1.165, 1.54) is 0 Å². The van der Waals surface area contributed by atoms with E-state index in [0.29, 0.717) is 36.9 Å². The smallest absolute Gasteiger partial charge is 0.223 e. The Kier molecular flexibility index (Phi) is 6.32. The highest BCUT2D eigenvalue weighted by atomic mass is 79.9. The van der Waals surface area contributed by atoms with Crippen LogP contribution in [0, 0.1) is 0 Å². The van der Waals surface area contributed by atoms with Gasteiger partial charge in [0.25, 0.3) is 0 Å². The van der Waals surface area contributed by atoms with Gasteiger partial charge in [0.15, 0.2) is 0 Å². The maximum atomic E-state index is 11.3. The highest BCUT2D eigenvalue weighted by Crippen LogP contribution is 2.27. The summed E-state index contributed by atoms with van der Waals surface area (Å²) in [6.45, 7) is 1.25. The van der Waals surface area contributed by atoms with Crippen molar-refractivity contribution in [3.05, 3.63) is 27.7 Å². The van der Waals surface area contributed by atoms with E-state index in [1.54, 1.807) is 18.2 Å². The molecule has 0 bridgehead atoms. The molecule has 0 unspecified atom stereocenters. The number of nitrogens with two attached hydrogens (primary N) is 1. The molecule has 0 saturated heterocycles. The van der Waals surface area contributed by atoms with Gasteiger partial charge in [-0.15, -0.1) is 0 Å². The number of ether oxygens (including phenoxy) is 1. The van der Waals surface area contributed by atoms with Gasteiger partial charge in [0, 0.05) is 18.1 Å². The zero-order valence-electron chi connectivity index (χ0n) is 9.21. The van der Waals surface area contributed by atoms with Gasteiger partial charge in [0.1, 0.15) is 5.75 Å². The second kappa shape index (κ2) is 7.53. The van der Waals surface area contributed by atoms with E-state index >= 15 is 0 Å². The van der Waals surface area contributed by atoms with Gasteiger partial charge in [-0.1, -0.05) is 11.6 Å². The number of benzene rings is 1. The van der Waals surface area contributed by atoms with Gasteiger partial charge < -0.3 is 15.8 Å². The molecule has 0 spiro atoms. The van der Waals surface area contributed by atoms with Crippen LogP contribution in [0.5, 0.6) is 5.75 Å². The number of carbonyl (C=O) groups is 1. The van der Waals surface area contributed by atoms with Crippen molar-refractivity contribution in [1.29, 1.82) is 0 Å². The molecular formula is C11H14BrClN2O2. The summed E-state index contributed by atoms with van der Waals surface area (Å²) in [5.74, 6) is 0.599. The largest absolute Gasteiger partial charge is 0.492 e. The molecule has 1 aromatic carbocycles. The summed E-state index contributed by atoms with van der Waals surface area (Å²) in [6, 6.07) is 5.23. The maximum absolute atomic E-state index is 11.3. The number of hydrogen-bond acceptors (Lipinski definition) is 3. The molecule has 0 radical (unpaired) electrons. The monoisotopic (exact) mass is 320 g/mol. The van der Waals surface area contributed by atoms with Crippen LogP contribution in [0.1, 0.15) is 6.42 Å². The van der Waals surface area contributed by atoms with Crippen LogP contribution in [0.25, 0.3) is 0 Å². The molecule has 0 aromatic heterocycles. The molecule has 0 fully saturated rings. The van der Waals surface area contributed by atoms with Crippen LogP contribution in [0.4, 0.5) is 0 Å². The Morgan fingerprint density at radius 1 is 1.53 bits per heavy atom. The average molecular weight is 322 g/mol. The van der Waals surface area contributed by atoms with E-state index in [-0.39, 0.29) is 5.91 Å². The molecule has 0 aliphatic carbocycles. The molecule has 1 rings (SSSR count). The second-order valence-corrected chi connectivity index (χ2v) is 4.60. The average Bonchev–Trinajstić information content (AvgIpc) is 2.29.